The van der Waals surface area contributed by atoms with Crippen LogP contribution in [0.25, 0.3) is 16.0 Å². The molecule has 3 heterocycles. The van der Waals surface area contributed by atoms with E-state index in [0.29, 0.717) is 68.2 Å². The Balaban J connectivity index is 1.32. The number of alkyl halides is 2. The van der Waals surface area contributed by atoms with Gasteiger partial charge in [0, 0.05) is 63.8 Å². The fourth-order valence-corrected chi connectivity index (χ4v) is 9.60. The number of halogens is 2. The second-order valence-electron chi connectivity index (χ2n) is 14.9. The van der Waals surface area contributed by atoms with Crippen LogP contribution in [0.1, 0.15) is 68.0 Å². The summed E-state index contributed by atoms with van der Waals surface area (Å²) < 4.78 is 65.1. The van der Waals surface area contributed by atoms with Crippen molar-refractivity contribution in [2.75, 3.05) is 44.4 Å². The van der Waals surface area contributed by atoms with Crippen LogP contribution in [-0.4, -0.2) is 96.6 Å². The summed E-state index contributed by atoms with van der Waals surface area (Å²) in [5.74, 6) is 0.407. The molecule has 3 aromatic rings. The summed E-state index contributed by atoms with van der Waals surface area (Å²) in [5.41, 5.74) is 0.632. The van der Waals surface area contributed by atoms with E-state index in [1.165, 1.54) is 15.1 Å². The fraction of sp³-hybridized carbons (Fsp3) is 0.656. The first-order chi connectivity index (χ1) is 23.3. The SMILES string of the molecule is C[Si](C)(C)CCOCN(C1(C#N)CC1)S(=O)(=O)c1cc(N2CCN(C(=O)C3CCC3)CC2)c2c(C3CC3)nn(-c3nnc(C(F)F)s3)c2c1. The number of ether oxygens (including phenoxy) is 1. The van der Waals surface area contributed by atoms with Gasteiger partial charge in [0.1, 0.15) is 12.3 Å². The van der Waals surface area contributed by atoms with Crippen molar-refractivity contribution in [3.63, 3.8) is 0 Å². The summed E-state index contributed by atoms with van der Waals surface area (Å²) in [6.07, 6.45) is 2.72. The predicted molar refractivity (Wildman–Crippen MR) is 183 cm³/mol. The average molecular weight is 733 g/mol. The Labute approximate surface area is 290 Å². The lowest BCUT2D eigenvalue weighted by Gasteiger charge is -2.39. The summed E-state index contributed by atoms with van der Waals surface area (Å²) in [6.45, 7) is 8.76. The van der Waals surface area contributed by atoms with Crippen molar-refractivity contribution in [2.24, 2.45) is 5.92 Å². The second kappa shape index (κ2) is 12.9. The maximum atomic E-state index is 14.7. The number of carbonyl (C=O) groups is 1. The highest BCUT2D eigenvalue weighted by molar-refractivity contribution is 7.89. The third kappa shape index (κ3) is 6.74. The number of nitrogens with zero attached hydrogens (tertiary/aromatic N) is 8. The first-order valence-electron chi connectivity index (χ1n) is 17.1. The Kier molecular flexibility index (Phi) is 9.08. The van der Waals surface area contributed by atoms with Crippen molar-refractivity contribution in [1.82, 2.24) is 29.2 Å². The summed E-state index contributed by atoms with van der Waals surface area (Å²) in [4.78, 5) is 17.0. The van der Waals surface area contributed by atoms with Gasteiger partial charge in [-0.15, -0.1) is 10.2 Å². The smallest absolute Gasteiger partial charge is 0.291 e. The molecule has 1 amide bonds. The quantitative estimate of drug-likeness (QED) is 0.127. The number of benzene rings is 1. The van der Waals surface area contributed by atoms with E-state index >= 15 is 0 Å². The van der Waals surface area contributed by atoms with E-state index in [1.807, 2.05) is 4.90 Å². The molecule has 7 rings (SSSR count). The molecule has 0 spiro atoms. The van der Waals surface area contributed by atoms with Crippen LogP contribution in [0.5, 0.6) is 0 Å². The Morgan fingerprint density at radius 2 is 1.86 bits per heavy atom. The number of carbonyl (C=O) groups excluding carboxylic acids is 1. The Bertz CT molecular complexity index is 1890. The van der Waals surface area contributed by atoms with E-state index in [-0.39, 0.29) is 34.5 Å². The van der Waals surface area contributed by atoms with Crippen molar-refractivity contribution in [3.8, 4) is 11.2 Å². The molecule has 12 nitrogen and oxygen atoms in total. The lowest BCUT2D eigenvalue weighted by atomic mass is 9.84. The monoisotopic (exact) mass is 732 g/mol. The molecule has 4 aliphatic rings. The van der Waals surface area contributed by atoms with Gasteiger partial charge in [0.2, 0.25) is 21.1 Å². The molecule has 1 aliphatic heterocycles. The fourth-order valence-electron chi connectivity index (χ4n) is 6.51. The van der Waals surface area contributed by atoms with Gasteiger partial charge in [0.25, 0.3) is 6.43 Å². The minimum atomic E-state index is -4.30. The van der Waals surface area contributed by atoms with Crippen LogP contribution in [0.15, 0.2) is 17.0 Å². The van der Waals surface area contributed by atoms with Gasteiger partial charge < -0.3 is 14.5 Å². The molecule has 49 heavy (non-hydrogen) atoms. The van der Waals surface area contributed by atoms with Gasteiger partial charge in [-0.3, -0.25) is 4.79 Å². The van der Waals surface area contributed by atoms with Crippen molar-refractivity contribution in [1.29, 1.82) is 5.26 Å². The van der Waals surface area contributed by atoms with Crippen molar-refractivity contribution < 1.29 is 26.7 Å². The van der Waals surface area contributed by atoms with Crippen molar-refractivity contribution in [3.05, 3.63) is 22.8 Å². The van der Waals surface area contributed by atoms with Crippen molar-refractivity contribution >= 4 is 51.9 Å². The molecule has 0 unspecified atom stereocenters. The van der Waals surface area contributed by atoms with Gasteiger partial charge in [-0.05, 0) is 56.7 Å². The van der Waals surface area contributed by atoms with Crippen LogP contribution >= 0.6 is 11.3 Å². The standard InChI is InChI=1S/C32H42F2N8O4S2Si/c1-49(2,3)16-15-46-20-41(32(19-35)9-10-32)48(44,45)23-17-24(39-11-13-40(14-12-39)30(43)22-5-4-6-22)26-25(18-23)42(38-27(26)21-7-8-21)31-37-36-29(47-31)28(33)34/h17-18,21-22,28H,4-16,20H2,1-3H3. The van der Waals surface area contributed by atoms with Gasteiger partial charge >= 0.3 is 0 Å². The number of nitriles is 1. The lowest BCUT2D eigenvalue weighted by molar-refractivity contribution is -0.138. The summed E-state index contributed by atoms with van der Waals surface area (Å²) in [5, 5.41) is 23.1. The number of rotatable bonds is 13. The van der Waals surface area contributed by atoms with Gasteiger partial charge in [-0.2, -0.15) is 14.7 Å². The Morgan fingerprint density at radius 1 is 1.14 bits per heavy atom. The molecule has 4 fully saturated rings. The molecule has 0 N–H and O–H groups in total. The molecule has 0 bridgehead atoms. The Hall–Kier alpha value is -3.04. The molecular weight excluding hydrogens is 691 g/mol. The van der Waals surface area contributed by atoms with Crippen molar-refractivity contribution in [2.45, 2.75) is 93.4 Å². The molecule has 17 heteroatoms. The molecule has 3 aliphatic carbocycles. The molecule has 1 saturated heterocycles. The lowest BCUT2D eigenvalue weighted by Crippen LogP contribution is -2.51. The van der Waals surface area contributed by atoms with Crippen LogP contribution in [0, 0.1) is 17.2 Å². The molecular formula is C32H42F2N8O4S2Si. The first kappa shape index (κ1) is 34.4. The third-order valence-corrected chi connectivity index (χ3v) is 14.6. The van der Waals surface area contributed by atoms with Crippen LogP contribution < -0.4 is 4.90 Å². The zero-order valence-electron chi connectivity index (χ0n) is 28.1. The summed E-state index contributed by atoms with van der Waals surface area (Å²) in [6, 6.07) is 6.26. The van der Waals surface area contributed by atoms with E-state index in [1.54, 1.807) is 6.07 Å². The number of fused-ring (bicyclic) bond motifs is 1. The van der Waals surface area contributed by atoms with E-state index in [2.05, 4.69) is 40.8 Å². The molecule has 1 aromatic carbocycles. The summed E-state index contributed by atoms with van der Waals surface area (Å²) in [7, 11) is -5.75. The van der Waals surface area contributed by atoms with E-state index in [9.17, 15) is 27.3 Å². The van der Waals surface area contributed by atoms with Crippen LogP contribution in [0.4, 0.5) is 14.5 Å². The Morgan fingerprint density at radius 3 is 2.41 bits per heavy atom. The number of sulfonamides is 1. The number of anilines is 1. The molecule has 3 saturated carbocycles. The largest absolute Gasteiger partial charge is 0.367 e. The zero-order chi connectivity index (χ0) is 34.7. The number of hydrogen-bond donors (Lipinski definition) is 0. The predicted octanol–water partition coefficient (Wildman–Crippen LogP) is 5.50. The topological polar surface area (TPSA) is 138 Å². The van der Waals surface area contributed by atoms with Crippen LogP contribution in [-0.2, 0) is 19.6 Å². The maximum absolute atomic E-state index is 14.7. The van der Waals surface area contributed by atoms with Gasteiger partial charge in [-0.25, -0.2) is 21.9 Å². The number of piperazine rings is 1. The number of hydrogen-bond acceptors (Lipinski definition) is 10. The highest BCUT2D eigenvalue weighted by Crippen LogP contribution is 2.48. The van der Waals surface area contributed by atoms with Crippen LogP contribution in [0.2, 0.25) is 25.7 Å². The average Bonchev–Trinajstić information content (AvgIpc) is 3.95. The third-order valence-electron chi connectivity index (χ3n) is 10.1. The minimum Gasteiger partial charge on any atom is -0.367 e. The molecule has 0 radical (unpaired) electrons. The van der Waals surface area contributed by atoms with Gasteiger partial charge in [-0.1, -0.05) is 37.4 Å². The van der Waals surface area contributed by atoms with Gasteiger partial charge in [0.05, 0.1) is 22.2 Å². The minimum absolute atomic E-state index is 0.0413. The zero-order valence-corrected chi connectivity index (χ0v) is 30.7. The molecule has 0 atom stereocenters. The van der Waals surface area contributed by atoms with E-state index in [0.717, 1.165) is 49.2 Å². The van der Waals surface area contributed by atoms with Crippen LogP contribution in [0.3, 0.4) is 0 Å². The van der Waals surface area contributed by atoms with E-state index in [4.69, 9.17) is 9.84 Å². The normalized spacial score (nSPS) is 19.9. The van der Waals surface area contributed by atoms with E-state index < -0.39 is 35.1 Å². The number of amides is 1. The highest BCUT2D eigenvalue weighted by atomic mass is 32.2. The first-order valence-corrected chi connectivity index (χ1v) is 23.0. The second-order valence-corrected chi connectivity index (χ2v) is 23.4. The van der Waals surface area contributed by atoms with Gasteiger partial charge in [0.15, 0.2) is 5.01 Å². The highest BCUT2D eigenvalue weighted by Gasteiger charge is 2.54. The molecule has 264 valence electrons. The summed E-state index contributed by atoms with van der Waals surface area (Å²) >= 11 is 0.713. The maximum Gasteiger partial charge on any atom is 0.291 e. The molecule has 2 aromatic heterocycles. The number of aromatic nitrogens is 4.